The maximum Gasteiger partial charge on any atom is 0.0307 e. The molecule has 0 saturated heterocycles. The van der Waals surface area contributed by atoms with Gasteiger partial charge in [0.25, 0.3) is 0 Å². The summed E-state index contributed by atoms with van der Waals surface area (Å²) in [7, 11) is 2.23. The highest BCUT2D eigenvalue weighted by Gasteiger charge is 2.30. The van der Waals surface area contributed by atoms with Gasteiger partial charge in [-0.3, -0.25) is 0 Å². The molecule has 106 valence electrons. The molecule has 2 nitrogen and oxygen atoms in total. The Morgan fingerprint density at radius 1 is 1.21 bits per heavy atom. The minimum absolute atomic E-state index is 0.160. The summed E-state index contributed by atoms with van der Waals surface area (Å²) >= 11 is 0. The SMILES string of the molecule is Cc1cc(C)cc(C(N)CCN(C)C(C)C2CC2)c1. The number of nitrogens with zero attached hydrogens (tertiary/aromatic N) is 1. The van der Waals surface area contributed by atoms with Crippen molar-refractivity contribution in [2.75, 3.05) is 13.6 Å². The van der Waals surface area contributed by atoms with Crippen LogP contribution in [-0.4, -0.2) is 24.5 Å². The third-order valence-corrected chi connectivity index (χ3v) is 4.46. The van der Waals surface area contributed by atoms with Gasteiger partial charge in [0.05, 0.1) is 0 Å². The van der Waals surface area contributed by atoms with Crippen LogP contribution in [0.15, 0.2) is 18.2 Å². The fourth-order valence-corrected chi connectivity index (χ4v) is 2.88. The molecule has 1 fully saturated rings. The van der Waals surface area contributed by atoms with Crippen LogP contribution < -0.4 is 5.73 Å². The molecule has 1 saturated carbocycles. The van der Waals surface area contributed by atoms with Crippen molar-refractivity contribution in [1.29, 1.82) is 0 Å². The second-order valence-electron chi connectivity index (χ2n) is 6.37. The molecule has 0 aliphatic heterocycles. The second kappa shape index (κ2) is 6.06. The largest absolute Gasteiger partial charge is 0.324 e. The van der Waals surface area contributed by atoms with Crippen molar-refractivity contribution < 1.29 is 0 Å². The van der Waals surface area contributed by atoms with Gasteiger partial charge in [0, 0.05) is 12.1 Å². The van der Waals surface area contributed by atoms with E-state index in [0.29, 0.717) is 6.04 Å². The quantitative estimate of drug-likeness (QED) is 0.849. The second-order valence-corrected chi connectivity index (χ2v) is 6.37. The molecule has 0 radical (unpaired) electrons. The molecule has 1 aromatic rings. The number of hydrogen-bond donors (Lipinski definition) is 1. The number of hydrogen-bond acceptors (Lipinski definition) is 2. The Kier molecular flexibility index (Phi) is 4.64. The van der Waals surface area contributed by atoms with Crippen molar-refractivity contribution in [1.82, 2.24) is 4.90 Å². The van der Waals surface area contributed by atoms with Crippen molar-refractivity contribution in [3.05, 3.63) is 34.9 Å². The Morgan fingerprint density at radius 3 is 2.32 bits per heavy atom. The molecule has 1 aromatic carbocycles. The highest BCUT2D eigenvalue weighted by atomic mass is 15.1. The molecule has 0 aromatic heterocycles. The number of nitrogens with two attached hydrogens (primary N) is 1. The molecule has 2 heteroatoms. The zero-order valence-electron chi connectivity index (χ0n) is 12.8. The van der Waals surface area contributed by atoms with Gasteiger partial charge in [-0.25, -0.2) is 0 Å². The van der Waals surface area contributed by atoms with Crippen LogP contribution >= 0.6 is 0 Å². The molecule has 2 unspecified atom stereocenters. The highest BCUT2D eigenvalue weighted by Crippen LogP contribution is 2.34. The van der Waals surface area contributed by atoms with E-state index in [1.165, 1.54) is 29.5 Å². The van der Waals surface area contributed by atoms with Gasteiger partial charge in [-0.2, -0.15) is 0 Å². The fourth-order valence-electron chi connectivity index (χ4n) is 2.88. The number of aryl methyl sites for hydroxylation is 2. The van der Waals surface area contributed by atoms with Crippen LogP contribution in [0.25, 0.3) is 0 Å². The lowest BCUT2D eigenvalue weighted by Gasteiger charge is -2.26. The molecule has 0 amide bonds. The topological polar surface area (TPSA) is 29.3 Å². The summed E-state index contributed by atoms with van der Waals surface area (Å²) in [6.45, 7) is 7.72. The van der Waals surface area contributed by atoms with Gasteiger partial charge >= 0.3 is 0 Å². The van der Waals surface area contributed by atoms with E-state index in [9.17, 15) is 0 Å². The lowest BCUT2D eigenvalue weighted by Crippen LogP contribution is -2.33. The van der Waals surface area contributed by atoms with Crippen molar-refractivity contribution >= 4 is 0 Å². The molecular weight excluding hydrogens is 232 g/mol. The minimum Gasteiger partial charge on any atom is -0.324 e. The summed E-state index contributed by atoms with van der Waals surface area (Å²) in [5.41, 5.74) is 10.2. The zero-order valence-corrected chi connectivity index (χ0v) is 12.8. The first-order valence-electron chi connectivity index (χ1n) is 7.51. The number of benzene rings is 1. The first-order valence-corrected chi connectivity index (χ1v) is 7.51. The predicted octanol–water partition coefficient (Wildman–Crippen LogP) is 3.42. The Labute approximate surface area is 118 Å². The molecule has 1 aliphatic carbocycles. The lowest BCUT2D eigenvalue weighted by molar-refractivity contribution is 0.226. The fraction of sp³-hybridized carbons (Fsp3) is 0.647. The minimum atomic E-state index is 0.160. The molecule has 0 spiro atoms. The Bertz CT molecular complexity index is 403. The molecular formula is C17H28N2. The average molecular weight is 260 g/mol. The van der Waals surface area contributed by atoms with Gasteiger partial charge in [0.2, 0.25) is 0 Å². The summed E-state index contributed by atoms with van der Waals surface area (Å²) in [5.74, 6) is 0.933. The van der Waals surface area contributed by atoms with Crippen LogP contribution in [0.5, 0.6) is 0 Å². The third kappa shape index (κ3) is 4.05. The standard InChI is InChI=1S/C17H28N2/c1-12-9-13(2)11-16(10-12)17(18)7-8-19(4)14(3)15-5-6-15/h9-11,14-15,17H,5-8,18H2,1-4H3. The average Bonchev–Trinajstić information content (AvgIpc) is 3.17. The van der Waals surface area contributed by atoms with Gasteiger partial charge in [-0.05, 0) is 65.1 Å². The molecule has 19 heavy (non-hydrogen) atoms. The van der Waals surface area contributed by atoms with Crippen LogP contribution in [0.1, 0.15) is 48.9 Å². The first kappa shape index (κ1) is 14.5. The summed E-state index contributed by atoms with van der Waals surface area (Å²) in [6.07, 6.45) is 3.86. The molecule has 0 bridgehead atoms. The van der Waals surface area contributed by atoms with Crippen LogP contribution in [0.4, 0.5) is 0 Å². The summed E-state index contributed by atoms with van der Waals surface area (Å²) in [5, 5.41) is 0. The van der Waals surface area contributed by atoms with Gasteiger partial charge in [0.15, 0.2) is 0 Å². The van der Waals surface area contributed by atoms with Gasteiger partial charge in [-0.15, -0.1) is 0 Å². The molecule has 1 aliphatic rings. The first-order chi connectivity index (χ1) is 8.97. The van der Waals surface area contributed by atoms with E-state index >= 15 is 0 Å². The van der Waals surface area contributed by atoms with Crippen LogP contribution in [0.2, 0.25) is 0 Å². The Hall–Kier alpha value is -0.860. The molecule has 2 rings (SSSR count). The van der Waals surface area contributed by atoms with E-state index in [1.54, 1.807) is 0 Å². The van der Waals surface area contributed by atoms with E-state index < -0.39 is 0 Å². The van der Waals surface area contributed by atoms with E-state index in [-0.39, 0.29) is 6.04 Å². The molecule has 2 atom stereocenters. The van der Waals surface area contributed by atoms with E-state index in [0.717, 1.165) is 18.9 Å². The van der Waals surface area contributed by atoms with Gasteiger partial charge in [0.1, 0.15) is 0 Å². The van der Waals surface area contributed by atoms with Crippen LogP contribution in [-0.2, 0) is 0 Å². The Morgan fingerprint density at radius 2 is 1.79 bits per heavy atom. The van der Waals surface area contributed by atoms with Gasteiger partial charge < -0.3 is 10.6 Å². The monoisotopic (exact) mass is 260 g/mol. The summed E-state index contributed by atoms with van der Waals surface area (Å²) < 4.78 is 0. The van der Waals surface area contributed by atoms with Crippen molar-refractivity contribution in [2.24, 2.45) is 11.7 Å². The third-order valence-electron chi connectivity index (χ3n) is 4.46. The summed E-state index contributed by atoms with van der Waals surface area (Å²) in [6, 6.07) is 7.53. The van der Waals surface area contributed by atoms with Crippen molar-refractivity contribution in [3.8, 4) is 0 Å². The van der Waals surface area contributed by atoms with Crippen LogP contribution in [0.3, 0.4) is 0 Å². The molecule has 0 heterocycles. The zero-order chi connectivity index (χ0) is 14.0. The maximum absolute atomic E-state index is 6.35. The predicted molar refractivity (Wildman–Crippen MR) is 82.3 cm³/mol. The van der Waals surface area contributed by atoms with Gasteiger partial charge in [-0.1, -0.05) is 29.3 Å². The lowest BCUT2D eigenvalue weighted by atomic mass is 9.99. The van der Waals surface area contributed by atoms with E-state index in [2.05, 4.69) is 50.9 Å². The van der Waals surface area contributed by atoms with E-state index in [4.69, 9.17) is 5.73 Å². The maximum atomic E-state index is 6.35. The summed E-state index contributed by atoms with van der Waals surface area (Å²) in [4.78, 5) is 2.47. The highest BCUT2D eigenvalue weighted by molar-refractivity contribution is 5.30. The van der Waals surface area contributed by atoms with E-state index in [1.807, 2.05) is 0 Å². The Balaban J connectivity index is 1.87. The normalized spacial score (nSPS) is 18.6. The number of rotatable bonds is 6. The van der Waals surface area contributed by atoms with Crippen molar-refractivity contribution in [2.45, 2.75) is 52.1 Å². The van der Waals surface area contributed by atoms with Crippen molar-refractivity contribution in [3.63, 3.8) is 0 Å². The van der Waals surface area contributed by atoms with Crippen LogP contribution in [0, 0.1) is 19.8 Å². The molecule has 2 N–H and O–H groups in total. The smallest absolute Gasteiger partial charge is 0.0307 e.